The minimum absolute atomic E-state index is 0.0220. The molecule has 0 saturated carbocycles. The average Bonchev–Trinajstić information content (AvgIpc) is 3.23. The van der Waals surface area contributed by atoms with Crippen LogP contribution in [0.5, 0.6) is 0 Å². The number of benzene rings is 2. The molecule has 160 valence electrons. The Bertz CT molecular complexity index is 1080. The molecule has 1 amide bonds. The second-order valence-electron chi connectivity index (χ2n) is 7.58. The highest BCUT2D eigenvalue weighted by Gasteiger charge is 2.30. The number of carbonyl (C=O) groups excluding carboxylic acids is 1. The molecule has 1 aliphatic heterocycles. The first kappa shape index (κ1) is 21.1. The van der Waals surface area contributed by atoms with Gasteiger partial charge >= 0.3 is 0 Å². The van der Waals surface area contributed by atoms with Gasteiger partial charge in [0.25, 0.3) is 0 Å². The fraction of sp³-hybridized carbons (Fsp3) is 0.261. The third kappa shape index (κ3) is 4.94. The molecule has 8 heteroatoms. The molecule has 1 saturated heterocycles. The van der Waals surface area contributed by atoms with Gasteiger partial charge in [0.1, 0.15) is 6.33 Å². The summed E-state index contributed by atoms with van der Waals surface area (Å²) in [5.74, 6) is -0.402. The van der Waals surface area contributed by atoms with Crippen LogP contribution < -0.4 is 16.0 Å². The minimum Gasteiger partial charge on any atom is -0.369 e. The highest BCUT2D eigenvalue weighted by molar-refractivity contribution is 6.30. The Kier molecular flexibility index (Phi) is 6.32. The summed E-state index contributed by atoms with van der Waals surface area (Å²) in [6, 6.07) is 15.1. The number of nitrogens with zero attached hydrogens (tertiary/aromatic N) is 3. The van der Waals surface area contributed by atoms with Crippen LogP contribution in [0.25, 0.3) is 0 Å². The zero-order chi connectivity index (χ0) is 21.8. The lowest BCUT2D eigenvalue weighted by Crippen LogP contribution is -2.25. The molecule has 0 radical (unpaired) electrons. The largest absolute Gasteiger partial charge is 0.369 e. The van der Waals surface area contributed by atoms with E-state index in [0.29, 0.717) is 18.1 Å². The van der Waals surface area contributed by atoms with Crippen molar-refractivity contribution in [2.24, 2.45) is 5.73 Å². The van der Waals surface area contributed by atoms with E-state index in [9.17, 15) is 4.79 Å². The van der Waals surface area contributed by atoms with E-state index < -0.39 is 5.82 Å². The summed E-state index contributed by atoms with van der Waals surface area (Å²) < 4.78 is 15.3. The van der Waals surface area contributed by atoms with E-state index in [0.717, 1.165) is 29.5 Å². The Labute approximate surface area is 185 Å². The predicted octanol–water partition coefficient (Wildman–Crippen LogP) is 4.25. The van der Waals surface area contributed by atoms with E-state index in [1.54, 1.807) is 0 Å². The molecule has 0 bridgehead atoms. The van der Waals surface area contributed by atoms with Crippen molar-refractivity contribution in [3.05, 3.63) is 82.4 Å². The normalized spacial score (nSPS) is 15.8. The molecule has 0 spiro atoms. The van der Waals surface area contributed by atoms with E-state index in [4.69, 9.17) is 17.3 Å². The van der Waals surface area contributed by atoms with Gasteiger partial charge in [0.15, 0.2) is 11.6 Å². The highest BCUT2D eigenvalue weighted by atomic mass is 35.5. The first-order chi connectivity index (χ1) is 15.0. The van der Waals surface area contributed by atoms with Crippen molar-refractivity contribution >= 4 is 29.1 Å². The number of halogens is 2. The van der Waals surface area contributed by atoms with Crippen molar-refractivity contribution in [2.75, 3.05) is 16.8 Å². The van der Waals surface area contributed by atoms with Crippen LogP contribution in [0.4, 0.5) is 16.0 Å². The van der Waals surface area contributed by atoms with Gasteiger partial charge < -0.3 is 16.0 Å². The number of primary amides is 1. The van der Waals surface area contributed by atoms with Crippen molar-refractivity contribution in [1.82, 2.24) is 9.97 Å². The van der Waals surface area contributed by atoms with Crippen molar-refractivity contribution in [3.63, 3.8) is 0 Å². The molecular formula is C23H23ClFN5O. The molecule has 0 aliphatic carbocycles. The summed E-state index contributed by atoms with van der Waals surface area (Å²) in [6.07, 6.45) is 3.43. The quantitative estimate of drug-likeness (QED) is 0.575. The monoisotopic (exact) mass is 439 g/mol. The number of aromatic nitrogens is 2. The van der Waals surface area contributed by atoms with Gasteiger partial charge in [0, 0.05) is 18.1 Å². The van der Waals surface area contributed by atoms with Gasteiger partial charge in [-0.1, -0.05) is 48.0 Å². The van der Waals surface area contributed by atoms with E-state index in [2.05, 4.69) is 15.3 Å². The summed E-state index contributed by atoms with van der Waals surface area (Å²) in [4.78, 5) is 21.3. The molecule has 3 N–H and O–H groups in total. The number of nitrogens with one attached hydrogen (secondary N) is 1. The third-order valence-corrected chi connectivity index (χ3v) is 5.63. The zero-order valence-electron chi connectivity index (χ0n) is 16.9. The van der Waals surface area contributed by atoms with Crippen LogP contribution in [0.3, 0.4) is 0 Å². The van der Waals surface area contributed by atoms with Crippen LogP contribution in [0.2, 0.25) is 5.02 Å². The lowest BCUT2D eigenvalue weighted by Gasteiger charge is -2.27. The van der Waals surface area contributed by atoms with Crippen molar-refractivity contribution < 1.29 is 9.18 Å². The van der Waals surface area contributed by atoms with Gasteiger partial charge in [-0.25, -0.2) is 9.97 Å². The van der Waals surface area contributed by atoms with E-state index in [-0.39, 0.29) is 30.0 Å². The molecule has 6 nitrogen and oxygen atoms in total. The summed E-state index contributed by atoms with van der Waals surface area (Å²) in [5, 5.41) is 3.72. The summed E-state index contributed by atoms with van der Waals surface area (Å²) in [6.45, 7) is 1.10. The number of amides is 1. The van der Waals surface area contributed by atoms with Gasteiger partial charge in [-0.3, -0.25) is 4.79 Å². The average molecular weight is 440 g/mol. The number of carbonyl (C=O) groups is 1. The number of hydrogen-bond donors (Lipinski definition) is 2. The maximum atomic E-state index is 15.3. The van der Waals surface area contributed by atoms with Crippen LogP contribution in [0.1, 0.15) is 35.6 Å². The van der Waals surface area contributed by atoms with Gasteiger partial charge in [-0.05, 0) is 41.7 Å². The second kappa shape index (κ2) is 9.31. The van der Waals surface area contributed by atoms with Crippen LogP contribution in [0, 0.1) is 5.82 Å². The Morgan fingerprint density at radius 3 is 2.71 bits per heavy atom. The topological polar surface area (TPSA) is 84.1 Å². The number of hydrogen-bond acceptors (Lipinski definition) is 5. The van der Waals surface area contributed by atoms with E-state index in [1.807, 2.05) is 53.4 Å². The molecule has 1 aromatic heterocycles. The van der Waals surface area contributed by atoms with Crippen molar-refractivity contribution in [3.8, 4) is 0 Å². The van der Waals surface area contributed by atoms with E-state index >= 15 is 4.39 Å². The summed E-state index contributed by atoms with van der Waals surface area (Å²) in [7, 11) is 0. The fourth-order valence-electron chi connectivity index (χ4n) is 3.93. The second-order valence-corrected chi connectivity index (χ2v) is 8.02. The Morgan fingerprint density at radius 1 is 1.19 bits per heavy atom. The number of anilines is 2. The van der Waals surface area contributed by atoms with Crippen LogP contribution >= 0.6 is 11.6 Å². The first-order valence-corrected chi connectivity index (χ1v) is 10.5. The predicted molar refractivity (Wildman–Crippen MR) is 119 cm³/mol. The lowest BCUT2D eigenvalue weighted by atomic mass is 10.0. The standard InChI is InChI=1S/C23H23ClFN5O/c24-18-4-1-3-17(12-18)19-5-2-10-30(19)23-21(25)22(28-14-29-23)27-13-16-8-6-15(7-9-16)11-20(26)31/h1,3-4,6-9,12,14,19H,2,5,10-11,13H2,(H2,26,31)(H,27,28,29). The minimum atomic E-state index is -0.471. The lowest BCUT2D eigenvalue weighted by molar-refractivity contribution is -0.117. The molecular weight excluding hydrogens is 417 g/mol. The van der Waals surface area contributed by atoms with Crippen LogP contribution in [0.15, 0.2) is 54.9 Å². The van der Waals surface area contributed by atoms with Crippen LogP contribution in [-0.2, 0) is 17.8 Å². The molecule has 1 unspecified atom stereocenters. The summed E-state index contributed by atoms with van der Waals surface area (Å²) >= 11 is 6.16. The smallest absolute Gasteiger partial charge is 0.221 e. The highest BCUT2D eigenvalue weighted by Crippen LogP contribution is 2.37. The zero-order valence-corrected chi connectivity index (χ0v) is 17.6. The SMILES string of the molecule is NC(=O)Cc1ccc(CNc2ncnc(N3CCCC3c3cccc(Cl)c3)c2F)cc1. The van der Waals surface area contributed by atoms with Gasteiger partial charge in [0.2, 0.25) is 11.7 Å². The van der Waals surface area contributed by atoms with E-state index in [1.165, 1.54) is 6.33 Å². The van der Waals surface area contributed by atoms with Gasteiger partial charge in [-0.15, -0.1) is 0 Å². The Morgan fingerprint density at radius 2 is 1.97 bits per heavy atom. The fourth-order valence-corrected chi connectivity index (χ4v) is 4.13. The molecule has 1 aliphatic rings. The number of rotatable bonds is 7. The molecule has 1 fully saturated rings. The molecule has 31 heavy (non-hydrogen) atoms. The van der Waals surface area contributed by atoms with Crippen molar-refractivity contribution in [1.29, 1.82) is 0 Å². The molecule has 3 aromatic rings. The summed E-state index contributed by atoms with van der Waals surface area (Å²) in [5.41, 5.74) is 8.04. The Balaban J connectivity index is 1.49. The number of nitrogens with two attached hydrogens (primary N) is 1. The van der Waals surface area contributed by atoms with Gasteiger partial charge in [0.05, 0.1) is 12.5 Å². The molecule has 2 aromatic carbocycles. The first-order valence-electron chi connectivity index (χ1n) is 10.1. The molecule has 4 rings (SSSR count). The van der Waals surface area contributed by atoms with Crippen molar-refractivity contribution in [2.45, 2.75) is 31.8 Å². The molecule has 2 heterocycles. The Hall–Kier alpha value is -3.19. The third-order valence-electron chi connectivity index (χ3n) is 5.39. The maximum Gasteiger partial charge on any atom is 0.221 e. The maximum absolute atomic E-state index is 15.3. The van der Waals surface area contributed by atoms with Gasteiger partial charge in [-0.2, -0.15) is 4.39 Å². The molecule has 1 atom stereocenters. The van der Waals surface area contributed by atoms with Crippen LogP contribution in [-0.4, -0.2) is 22.4 Å².